The van der Waals surface area contributed by atoms with Crippen molar-refractivity contribution < 1.29 is 13.9 Å². The molecule has 0 bridgehead atoms. The van der Waals surface area contributed by atoms with Crippen LogP contribution < -0.4 is 4.74 Å². The zero-order chi connectivity index (χ0) is 19.8. The predicted octanol–water partition coefficient (Wildman–Crippen LogP) is 2.78. The summed E-state index contributed by atoms with van der Waals surface area (Å²) in [4.78, 5) is 21.6. The maximum atomic E-state index is 14.1. The first kappa shape index (κ1) is 18.6. The van der Waals surface area contributed by atoms with Gasteiger partial charge >= 0.3 is 0 Å². The molecule has 1 fully saturated rings. The summed E-state index contributed by atoms with van der Waals surface area (Å²) in [6.45, 7) is 5.00. The number of Topliss-reactive ketones (excluding diaryl/α,β-unsaturated/α-hetero) is 1. The summed E-state index contributed by atoms with van der Waals surface area (Å²) in [6, 6.07) is 3.09. The molecule has 2 aromatic rings. The summed E-state index contributed by atoms with van der Waals surface area (Å²) in [5, 5.41) is 7.26. The fourth-order valence-corrected chi connectivity index (χ4v) is 3.80. The van der Waals surface area contributed by atoms with Crippen molar-refractivity contribution in [3.8, 4) is 17.0 Å². The third kappa shape index (κ3) is 3.52. The Balaban J connectivity index is 1.52. The number of hydrogen-bond acceptors (Lipinski definition) is 6. The molecule has 1 saturated heterocycles. The number of carbonyl (C=O) groups is 1. The second-order valence-corrected chi connectivity index (χ2v) is 7.27. The topological polar surface area (TPSA) is 83.5 Å². The van der Waals surface area contributed by atoms with Crippen LogP contribution in [0.4, 0.5) is 4.39 Å². The lowest BCUT2D eigenvalue weighted by Gasteiger charge is -2.22. The Bertz CT molecular complexity index is 981. The smallest absolute Gasteiger partial charge is 0.216 e. The van der Waals surface area contributed by atoms with Gasteiger partial charge in [-0.1, -0.05) is 11.6 Å². The number of aromatic nitrogens is 3. The average molecular weight is 404 g/mol. The number of pyridine rings is 1. The number of ether oxygens (including phenoxy) is 1. The molecule has 2 aromatic heterocycles. The number of aryl methyl sites for hydroxylation is 2. The molecular formula is C19H19ClFN5O2. The number of rotatable bonds is 4. The molecular weight excluding hydrogens is 385 g/mol. The van der Waals surface area contributed by atoms with E-state index in [1.165, 1.54) is 6.07 Å². The van der Waals surface area contributed by atoms with Crippen LogP contribution in [0.1, 0.15) is 17.8 Å². The standard InChI is InChI=1S/C19H19ClFN5O2/c1-10-18(11(2)25-24-10)12-5-16(21)23-17(6-12)28-13-3-4-26(9-13)14-7-22-8-15(27)19(14)20/h5-7,13H,3-4,8-9H2,1-2H3,(H,24,25)/t13-/m1/s1. The van der Waals surface area contributed by atoms with Crippen LogP contribution in [0, 0.1) is 19.8 Å². The zero-order valence-corrected chi connectivity index (χ0v) is 16.3. The highest BCUT2D eigenvalue weighted by Crippen LogP contribution is 2.30. The first-order chi connectivity index (χ1) is 13.4. The van der Waals surface area contributed by atoms with E-state index in [-0.39, 0.29) is 29.3 Å². The SMILES string of the molecule is Cc1n[nH]c(C)c1-c1cc(F)nc(O[C@@H]2CCN(C3=C(Cl)C(=O)CN=C3)C2)c1. The number of halogens is 2. The number of allylic oxidation sites excluding steroid dienone is 1. The number of carbonyl (C=O) groups excluding carboxylic acids is 1. The van der Waals surface area contributed by atoms with E-state index in [4.69, 9.17) is 16.3 Å². The average Bonchev–Trinajstić information content (AvgIpc) is 3.23. The fourth-order valence-electron chi connectivity index (χ4n) is 3.57. The minimum Gasteiger partial charge on any atom is -0.472 e. The molecule has 0 unspecified atom stereocenters. The van der Waals surface area contributed by atoms with Crippen molar-refractivity contribution in [3.05, 3.63) is 40.2 Å². The first-order valence-corrected chi connectivity index (χ1v) is 9.34. The number of likely N-dealkylation sites (tertiary alicyclic amines) is 1. The van der Waals surface area contributed by atoms with E-state index in [1.807, 2.05) is 18.7 Å². The Labute approximate surface area is 166 Å². The number of nitrogens with one attached hydrogen (secondary N) is 1. The lowest BCUT2D eigenvalue weighted by atomic mass is 10.1. The number of aromatic amines is 1. The second kappa shape index (κ2) is 7.35. The summed E-state index contributed by atoms with van der Waals surface area (Å²) in [5.74, 6) is -0.584. The summed E-state index contributed by atoms with van der Waals surface area (Å²) in [5.41, 5.74) is 3.75. The monoisotopic (exact) mass is 403 g/mol. The highest BCUT2D eigenvalue weighted by Gasteiger charge is 2.29. The van der Waals surface area contributed by atoms with Gasteiger partial charge in [-0.2, -0.15) is 14.5 Å². The number of nitrogens with zero attached hydrogens (tertiary/aromatic N) is 4. The maximum absolute atomic E-state index is 14.1. The van der Waals surface area contributed by atoms with Crippen LogP contribution in [0.15, 0.2) is 27.9 Å². The number of ketones is 1. The molecule has 0 amide bonds. The molecule has 9 heteroatoms. The molecule has 0 saturated carbocycles. The van der Waals surface area contributed by atoms with E-state index in [1.54, 1.807) is 12.3 Å². The van der Waals surface area contributed by atoms with Crippen LogP contribution in [0.25, 0.3) is 11.1 Å². The van der Waals surface area contributed by atoms with Crippen molar-refractivity contribution in [2.45, 2.75) is 26.4 Å². The van der Waals surface area contributed by atoms with E-state index < -0.39 is 5.95 Å². The van der Waals surface area contributed by atoms with Crippen LogP contribution in [0.3, 0.4) is 0 Å². The van der Waals surface area contributed by atoms with Crippen molar-refractivity contribution in [3.63, 3.8) is 0 Å². The lowest BCUT2D eigenvalue weighted by molar-refractivity contribution is -0.113. The molecule has 28 heavy (non-hydrogen) atoms. The van der Waals surface area contributed by atoms with Gasteiger partial charge in [0.1, 0.15) is 17.7 Å². The van der Waals surface area contributed by atoms with Gasteiger partial charge in [0.15, 0.2) is 5.78 Å². The molecule has 4 heterocycles. The van der Waals surface area contributed by atoms with Crippen LogP contribution >= 0.6 is 11.6 Å². The summed E-state index contributed by atoms with van der Waals surface area (Å²) in [7, 11) is 0. The van der Waals surface area contributed by atoms with Gasteiger partial charge in [0.25, 0.3) is 0 Å². The largest absolute Gasteiger partial charge is 0.472 e. The predicted molar refractivity (Wildman–Crippen MR) is 103 cm³/mol. The van der Waals surface area contributed by atoms with E-state index in [0.29, 0.717) is 30.8 Å². The van der Waals surface area contributed by atoms with Gasteiger partial charge in [0, 0.05) is 42.6 Å². The molecule has 0 radical (unpaired) electrons. The molecule has 0 aliphatic carbocycles. The van der Waals surface area contributed by atoms with Gasteiger partial charge < -0.3 is 9.64 Å². The van der Waals surface area contributed by atoms with E-state index in [2.05, 4.69) is 20.2 Å². The van der Waals surface area contributed by atoms with Gasteiger partial charge in [-0.3, -0.25) is 14.9 Å². The minimum absolute atomic E-state index is 0.0823. The van der Waals surface area contributed by atoms with Crippen molar-refractivity contribution in [2.24, 2.45) is 4.99 Å². The van der Waals surface area contributed by atoms with Crippen LogP contribution in [-0.4, -0.2) is 57.8 Å². The Hall–Kier alpha value is -2.74. The summed E-state index contributed by atoms with van der Waals surface area (Å²) >= 11 is 6.13. The first-order valence-electron chi connectivity index (χ1n) is 8.96. The normalized spacial score (nSPS) is 19.6. The van der Waals surface area contributed by atoms with Gasteiger partial charge in [-0.15, -0.1) is 0 Å². The van der Waals surface area contributed by atoms with Crippen LogP contribution in [-0.2, 0) is 4.79 Å². The summed E-state index contributed by atoms with van der Waals surface area (Å²) in [6.07, 6.45) is 2.12. The van der Waals surface area contributed by atoms with Crippen molar-refractivity contribution in [2.75, 3.05) is 19.6 Å². The second-order valence-electron chi connectivity index (χ2n) is 6.89. The van der Waals surface area contributed by atoms with E-state index in [0.717, 1.165) is 17.0 Å². The molecule has 0 spiro atoms. The van der Waals surface area contributed by atoms with Gasteiger partial charge in [0.05, 0.1) is 17.9 Å². The molecule has 7 nitrogen and oxygen atoms in total. The van der Waals surface area contributed by atoms with Crippen molar-refractivity contribution in [1.82, 2.24) is 20.1 Å². The Morgan fingerprint density at radius 3 is 2.93 bits per heavy atom. The Kier molecular flexibility index (Phi) is 4.89. The Morgan fingerprint density at radius 1 is 1.36 bits per heavy atom. The summed E-state index contributed by atoms with van der Waals surface area (Å²) < 4.78 is 20.0. The molecule has 2 aliphatic heterocycles. The third-order valence-electron chi connectivity index (χ3n) is 4.88. The molecule has 4 rings (SSSR count). The van der Waals surface area contributed by atoms with Crippen molar-refractivity contribution in [1.29, 1.82) is 0 Å². The molecule has 146 valence electrons. The number of hydrogen-bond donors (Lipinski definition) is 1. The fraction of sp³-hybridized carbons (Fsp3) is 0.368. The lowest BCUT2D eigenvalue weighted by Crippen LogP contribution is -2.28. The molecule has 2 aliphatic rings. The van der Waals surface area contributed by atoms with Crippen molar-refractivity contribution >= 4 is 23.6 Å². The molecule has 1 N–H and O–H groups in total. The minimum atomic E-state index is -0.613. The van der Waals surface area contributed by atoms with Gasteiger partial charge in [0.2, 0.25) is 11.8 Å². The Morgan fingerprint density at radius 2 is 2.18 bits per heavy atom. The maximum Gasteiger partial charge on any atom is 0.216 e. The van der Waals surface area contributed by atoms with Crippen LogP contribution in [0.5, 0.6) is 5.88 Å². The number of dihydropyridines is 1. The van der Waals surface area contributed by atoms with E-state index in [9.17, 15) is 9.18 Å². The van der Waals surface area contributed by atoms with Crippen LogP contribution in [0.2, 0.25) is 0 Å². The third-order valence-corrected chi connectivity index (χ3v) is 5.28. The number of H-pyrrole nitrogens is 1. The van der Waals surface area contributed by atoms with Gasteiger partial charge in [-0.05, 0) is 19.4 Å². The van der Waals surface area contributed by atoms with Gasteiger partial charge in [-0.25, -0.2) is 0 Å². The highest BCUT2D eigenvalue weighted by atomic mass is 35.5. The zero-order valence-electron chi connectivity index (χ0n) is 15.5. The molecule has 1 atom stereocenters. The molecule has 0 aromatic carbocycles. The highest BCUT2D eigenvalue weighted by molar-refractivity contribution is 6.44. The quantitative estimate of drug-likeness (QED) is 0.793. The van der Waals surface area contributed by atoms with E-state index >= 15 is 0 Å². The number of aliphatic imine (C=N–C) groups is 1.